The Morgan fingerprint density at radius 2 is 2.24 bits per heavy atom. The Labute approximate surface area is 110 Å². The molecule has 0 fully saturated rings. The number of rotatable bonds is 6. The van der Waals surface area contributed by atoms with E-state index in [4.69, 9.17) is 11.6 Å². The summed E-state index contributed by atoms with van der Waals surface area (Å²) in [5.41, 5.74) is 1.84. The van der Waals surface area contributed by atoms with Crippen LogP contribution >= 0.6 is 23.4 Å². The Bertz CT molecular complexity index is 401. The molecule has 0 aliphatic carbocycles. The first kappa shape index (κ1) is 14.1. The zero-order valence-corrected chi connectivity index (χ0v) is 11.4. The van der Waals surface area contributed by atoms with Crippen LogP contribution in [0.2, 0.25) is 0 Å². The molecule has 0 saturated carbocycles. The molecular formula is C11H15ClN2O2S. The summed E-state index contributed by atoms with van der Waals surface area (Å²) in [4.78, 5) is 12.3. The largest absolute Gasteiger partial charge is 0.374 e. The minimum Gasteiger partial charge on any atom is -0.374 e. The number of hydrogen-bond acceptors (Lipinski definition) is 4. The van der Waals surface area contributed by atoms with Crippen LogP contribution < -0.4 is 4.90 Å². The van der Waals surface area contributed by atoms with Crippen LogP contribution in [0.4, 0.5) is 11.4 Å². The molecule has 0 atom stereocenters. The van der Waals surface area contributed by atoms with Crippen LogP contribution in [0.1, 0.15) is 5.56 Å². The van der Waals surface area contributed by atoms with Crippen molar-refractivity contribution in [1.82, 2.24) is 0 Å². The van der Waals surface area contributed by atoms with Gasteiger partial charge in [0, 0.05) is 43.0 Å². The van der Waals surface area contributed by atoms with Crippen LogP contribution in [-0.4, -0.2) is 30.5 Å². The van der Waals surface area contributed by atoms with Crippen molar-refractivity contribution in [1.29, 1.82) is 0 Å². The lowest BCUT2D eigenvalue weighted by molar-refractivity contribution is -0.384. The van der Waals surface area contributed by atoms with Crippen molar-refractivity contribution >= 4 is 34.7 Å². The molecule has 0 spiro atoms. The normalized spacial score (nSPS) is 10.3. The summed E-state index contributed by atoms with van der Waals surface area (Å²) >= 11 is 7.60. The molecule has 6 heteroatoms. The third-order valence-corrected chi connectivity index (χ3v) is 3.34. The van der Waals surface area contributed by atoms with Gasteiger partial charge in [0.1, 0.15) is 0 Å². The molecule has 0 aliphatic heterocycles. The van der Waals surface area contributed by atoms with Gasteiger partial charge in [0.2, 0.25) is 0 Å². The maximum absolute atomic E-state index is 10.7. The second kappa shape index (κ2) is 6.71. The van der Waals surface area contributed by atoms with Gasteiger partial charge in [-0.2, -0.15) is 11.8 Å². The van der Waals surface area contributed by atoms with Crippen molar-refractivity contribution in [2.45, 2.75) is 5.88 Å². The lowest BCUT2D eigenvalue weighted by Gasteiger charge is -2.21. The van der Waals surface area contributed by atoms with Gasteiger partial charge in [-0.25, -0.2) is 0 Å². The highest BCUT2D eigenvalue weighted by Crippen LogP contribution is 2.26. The van der Waals surface area contributed by atoms with Gasteiger partial charge >= 0.3 is 0 Å². The molecule has 0 unspecified atom stereocenters. The van der Waals surface area contributed by atoms with Crippen LogP contribution in [-0.2, 0) is 5.88 Å². The molecule has 1 aromatic rings. The van der Waals surface area contributed by atoms with Gasteiger partial charge in [0.05, 0.1) is 4.92 Å². The molecule has 0 saturated heterocycles. The summed E-state index contributed by atoms with van der Waals surface area (Å²) < 4.78 is 0. The maximum atomic E-state index is 10.7. The van der Waals surface area contributed by atoms with E-state index in [0.717, 1.165) is 23.5 Å². The van der Waals surface area contributed by atoms with Crippen molar-refractivity contribution < 1.29 is 4.92 Å². The van der Waals surface area contributed by atoms with Gasteiger partial charge in [-0.05, 0) is 17.9 Å². The highest BCUT2D eigenvalue weighted by atomic mass is 35.5. The number of non-ortho nitro benzene ring substituents is 1. The Hall–Kier alpha value is -0.940. The number of nitro groups is 1. The maximum Gasteiger partial charge on any atom is 0.269 e. The van der Waals surface area contributed by atoms with Gasteiger partial charge in [-0.3, -0.25) is 10.1 Å². The summed E-state index contributed by atoms with van der Waals surface area (Å²) in [6, 6.07) is 4.81. The molecule has 17 heavy (non-hydrogen) atoms. The predicted octanol–water partition coefficient (Wildman–Crippen LogP) is 3.13. The minimum atomic E-state index is -0.401. The van der Waals surface area contributed by atoms with E-state index in [1.165, 1.54) is 12.1 Å². The van der Waals surface area contributed by atoms with E-state index in [1.807, 2.05) is 13.3 Å². The molecule has 0 heterocycles. The van der Waals surface area contributed by atoms with Crippen molar-refractivity contribution in [3.05, 3.63) is 33.9 Å². The number of thioether (sulfide) groups is 1. The van der Waals surface area contributed by atoms with Crippen molar-refractivity contribution in [3.8, 4) is 0 Å². The third kappa shape index (κ3) is 3.78. The van der Waals surface area contributed by atoms with Crippen molar-refractivity contribution in [2.24, 2.45) is 0 Å². The van der Waals surface area contributed by atoms with E-state index in [0.29, 0.717) is 0 Å². The zero-order valence-electron chi connectivity index (χ0n) is 9.85. The molecule has 0 aromatic heterocycles. The zero-order chi connectivity index (χ0) is 12.8. The minimum absolute atomic E-state index is 0.0858. The summed E-state index contributed by atoms with van der Waals surface area (Å²) in [6.07, 6.45) is 2.05. The van der Waals surface area contributed by atoms with Gasteiger partial charge in [-0.1, -0.05) is 0 Å². The SMILES string of the molecule is CSCCN(C)c1ccc([N+](=O)[O-])cc1CCl. The summed E-state index contributed by atoms with van der Waals surface area (Å²) in [6.45, 7) is 0.892. The van der Waals surface area contributed by atoms with Gasteiger partial charge in [-0.15, -0.1) is 11.6 Å². The Balaban J connectivity index is 2.95. The fourth-order valence-corrected chi connectivity index (χ4v) is 2.18. The average molecular weight is 275 g/mol. The topological polar surface area (TPSA) is 46.4 Å². The van der Waals surface area contributed by atoms with Crippen LogP contribution in [0.3, 0.4) is 0 Å². The molecule has 0 amide bonds. The summed E-state index contributed by atoms with van der Waals surface area (Å²) in [5, 5.41) is 10.7. The first-order valence-corrected chi connectivity index (χ1v) is 7.06. The number of anilines is 1. The molecule has 4 nitrogen and oxygen atoms in total. The quantitative estimate of drug-likeness (QED) is 0.454. The van der Waals surface area contributed by atoms with E-state index in [9.17, 15) is 10.1 Å². The molecule has 0 bridgehead atoms. The third-order valence-electron chi connectivity index (χ3n) is 2.46. The number of nitro benzene ring substituents is 1. The highest BCUT2D eigenvalue weighted by molar-refractivity contribution is 7.98. The fourth-order valence-electron chi connectivity index (χ4n) is 1.51. The number of nitrogens with zero attached hydrogens (tertiary/aromatic N) is 2. The van der Waals surface area contributed by atoms with Crippen molar-refractivity contribution in [2.75, 3.05) is 30.5 Å². The Kier molecular flexibility index (Phi) is 5.58. The number of benzene rings is 1. The fraction of sp³-hybridized carbons (Fsp3) is 0.455. The molecule has 0 radical (unpaired) electrons. The monoisotopic (exact) mass is 274 g/mol. The molecule has 94 valence electrons. The van der Waals surface area contributed by atoms with Crippen LogP contribution in [0.15, 0.2) is 18.2 Å². The predicted molar refractivity (Wildman–Crippen MR) is 74.3 cm³/mol. The summed E-state index contributed by atoms with van der Waals surface area (Å²) in [5.74, 6) is 1.29. The number of hydrogen-bond donors (Lipinski definition) is 0. The Morgan fingerprint density at radius 3 is 2.76 bits per heavy atom. The van der Waals surface area contributed by atoms with Gasteiger partial charge in [0.25, 0.3) is 5.69 Å². The lowest BCUT2D eigenvalue weighted by Crippen LogP contribution is -2.21. The van der Waals surface area contributed by atoms with Gasteiger partial charge in [0.15, 0.2) is 0 Å². The molecule has 1 aromatic carbocycles. The number of alkyl halides is 1. The standard InChI is InChI=1S/C11H15ClN2O2S/c1-13(5-6-17-2)11-4-3-10(14(15)16)7-9(11)8-12/h3-4,7H,5-6,8H2,1-2H3. The lowest BCUT2D eigenvalue weighted by atomic mass is 10.1. The second-order valence-electron chi connectivity index (χ2n) is 3.62. The molecule has 0 aliphatic rings. The van der Waals surface area contributed by atoms with Gasteiger partial charge < -0.3 is 4.90 Å². The van der Waals surface area contributed by atoms with E-state index < -0.39 is 4.92 Å². The second-order valence-corrected chi connectivity index (χ2v) is 4.87. The Morgan fingerprint density at radius 1 is 1.53 bits per heavy atom. The van der Waals surface area contributed by atoms with Crippen LogP contribution in [0, 0.1) is 10.1 Å². The average Bonchev–Trinajstić information content (AvgIpc) is 2.34. The van der Waals surface area contributed by atoms with Crippen LogP contribution in [0.25, 0.3) is 0 Å². The number of halogens is 1. The van der Waals surface area contributed by atoms with E-state index >= 15 is 0 Å². The smallest absolute Gasteiger partial charge is 0.269 e. The van der Waals surface area contributed by atoms with Crippen molar-refractivity contribution in [3.63, 3.8) is 0 Å². The van der Waals surface area contributed by atoms with E-state index in [-0.39, 0.29) is 11.6 Å². The first-order chi connectivity index (χ1) is 8.10. The van der Waals surface area contributed by atoms with E-state index in [2.05, 4.69) is 4.90 Å². The van der Waals surface area contributed by atoms with Crippen LogP contribution in [0.5, 0.6) is 0 Å². The highest BCUT2D eigenvalue weighted by Gasteiger charge is 2.12. The summed E-state index contributed by atoms with van der Waals surface area (Å²) in [7, 11) is 1.97. The molecule has 0 N–H and O–H groups in total. The molecule has 1 rings (SSSR count). The first-order valence-electron chi connectivity index (χ1n) is 5.13. The molecular weight excluding hydrogens is 260 g/mol. The van der Waals surface area contributed by atoms with E-state index in [1.54, 1.807) is 17.8 Å².